The maximum Gasteiger partial charge on any atom is 0.339 e. The Morgan fingerprint density at radius 1 is 0.812 bits per heavy atom. The minimum Gasteiger partial charge on any atom is -0.458 e. The summed E-state index contributed by atoms with van der Waals surface area (Å²) in [5.41, 5.74) is 1.15. The van der Waals surface area contributed by atoms with Crippen LogP contribution in [0.3, 0.4) is 0 Å². The molecule has 0 aromatic heterocycles. The standard InChI is InChI=1S/C28H46O4/c1-10-12-17-23(19(3)4)31-26(29)21-15-14-16-22(28(7,8)9)25(21)27(30)32-24(20(5)6)18-13-11-2/h14-16,19-20,23-24H,10-13,17-18H2,1-9H3. The number of carbonyl (C=O) groups excluding carboxylic acids is 2. The van der Waals surface area contributed by atoms with E-state index in [0.717, 1.165) is 44.1 Å². The van der Waals surface area contributed by atoms with Gasteiger partial charge in [0, 0.05) is 0 Å². The van der Waals surface area contributed by atoms with Gasteiger partial charge in [-0.05, 0) is 41.7 Å². The van der Waals surface area contributed by atoms with Crippen LogP contribution < -0.4 is 0 Å². The lowest BCUT2D eigenvalue weighted by atomic mass is 9.82. The number of hydrogen-bond donors (Lipinski definition) is 0. The average Bonchev–Trinajstić information content (AvgIpc) is 2.72. The fraction of sp³-hybridized carbons (Fsp3) is 0.714. The number of hydrogen-bond acceptors (Lipinski definition) is 4. The maximum atomic E-state index is 13.5. The minimum atomic E-state index is -0.437. The first-order valence-electron chi connectivity index (χ1n) is 12.5. The molecule has 0 saturated carbocycles. The minimum absolute atomic E-state index is 0.169. The molecular weight excluding hydrogens is 400 g/mol. The molecular formula is C28H46O4. The van der Waals surface area contributed by atoms with Gasteiger partial charge in [0.2, 0.25) is 0 Å². The number of benzene rings is 1. The molecule has 0 bridgehead atoms. The molecule has 32 heavy (non-hydrogen) atoms. The van der Waals surface area contributed by atoms with Gasteiger partial charge >= 0.3 is 11.9 Å². The summed E-state index contributed by atoms with van der Waals surface area (Å²) in [6.45, 7) is 18.7. The van der Waals surface area contributed by atoms with Crippen LogP contribution in [0, 0.1) is 11.8 Å². The zero-order valence-electron chi connectivity index (χ0n) is 21.9. The summed E-state index contributed by atoms with van der Waals surface area (Å²) in [5, 5.41) is 0. The Morgan fingerprint density at radius 2 is 1.28 bits per heavy atom. The van der Waals surface area contributed by atoms with Crippen molar-refractivity contribution in [2.24, 2.45) is 11.8 Å². The zero-order chi connectivity index (χ0) is 24.5. The number of carbonyl (C=O) groups is 2. The normalized spacial score (nSPS) is 13.8. The van der Waals surface area contributed by atoms with Crippen molar-refractivity contribution in [2.75, 3.05) is 0 Å². The molecule has 1 rings (SSSR count). The fourth-order valence-corrected chi connectivity index (χ4v) is 3.83. The van der Waals surface area contributed by atoms with Crippen molar-refractivity contribution < 1.29 is 19.1 Å². The van der Waals surface area contributed by atoms with E-state index in [9.17, 15) is 9.59 Å². The van der Waals surface area contributed by atoms with Crippen molar-refractivity contribution in [1.29, 1.82) is 0 Å². The molecule has 0 radical (unpaired) electrons. The van der Waals surface area contributed by atoms with Gasteiger partial charge in [-0.15, -0.1) is 0 Å². The van der Waals surface area contributed by atoms with Gasteiger partial charge in [-0.3, -0.25) is 0 Å². The van der Waals surface area contributed by atoms with E-state index in [4.69, 9.17) is 9.47 Å². The molecule has 4 heteroatoms. The lowest BCUT2D eigenvalue weighted by Crippen LogP contribution is -2.29. The summed E-state index contributed by atoms with van der Waals surface area (Å²) in [7, 11) is 0. The summed E-state index contributed by atoms with van der Waals surface area (Å²) in [6, 6.07) is 5.45. The molecule has 0 heterocycles. The molecule has 0 saturated heterocycles. The Kier molecular flexibility index (Phi) is 11.5. The van der Waals surface area contributed by atoms with E-state index >= 15 is 0 Å². The van der Waals surface area contributed by atoms with Crippen LogP contribution in [0.2, 0.25) is 0 Å². The highest BCUT2D eigenvalue weighted by atomic mass is 16.6. The Labute approximate surface area is 196 Å². The van der Waals surface area contributed by atoms with Gasteiger partial charge in [0.25, 0.3) is 0 Å². The lowest BCUT2D eigenvalue weighted by molar-refractivity contribution is 0.0105. The van der Waals surface area contributed by atoms with E-state index in [1.807, 2.05) is 32.9 Å². The van der Waals surface area contributed by atoms with Crippen molar-refractivity contribution in [1.82, 2.24) is 0 Å². The van der Waals surface area contributed by atoms with Crippen molar-refractivity contribution >= 4 is 11.9 Å². The van der Waals surface area contributed by atoms with E-state index in [1.54, 1.807) is 6.07 Å². The molecule has 0 aliphatic rings. The highest BCUT2D eigenvalue weighted by Gasteiger charge is 2.31. The van der Waals surface area contributed by atoms with Crippen LogP contribution in [0.15, 0.2) is 18.2 Å². The molecule has 0 spiro atoms. The number of esters is 2. The quantitative estimate of drug-likeness (QED) is 0.308. The van der Waals surface area contributed by atoms with E-state index < -0.39 is 11.9 Å². The molecule has 2 unspecified atom stereocenters. The molecule has 1 aromatic rings. The molecule has 0 fully saturated rings. The average molecular weight is 447 g/mol. The van der Waals surface area contributed by atoms with E-state index in [1.165, 1.54) is 0 Å². The van der Waals surface area contributed by atoms with Gasteiger partial charge in [-0.25, -0.2) is 9.59 Å². The van der Waals surface area contributed by atoms with E-state index in [2.05, 4.69) is 41.5 Å². The Morgan fingerprint density at radius 3 is 1.69 bits per heavy atom. The summed E-state index contributed by atoms with van der Waals surface area (Å²) in [4.78, 5) is 26.8. The van der Waals surface area contributed by atoms with Crippen LogP contribution >= 0.6 is 0 Å². The van der Waals surface area contributed by atoms with Gasteiger partial charge in [-0.1, -0.05) is 100 Å². The number of ether oxygens (including phenoxy) is 2. The van der Waals surface area contributed by atoms with Crippen LogP contribution in [-0.4, -0.2) is 24.1 Å². The molecule has 1 aromatic carbocycles. The Bertz CT molecular complexity index is 727. The first-order chi connectivity index (χ1) is 14.9. The van der Waals surface area contributed by atoms with Gasteiger partial charge in [0.15, 0.2) is 0 Å². The summed E-state index contributed by atoms with van der Waals surface area (Å²) in [6.07, 6.45) is 5.40. The van der Waals surface area contributed by atoms with E-state index in [0.29, 0.717) is 11.1 Å². The second-order valence-electron chi connectivity index (χ2n) is 10.6. The van der Waals surface area contributed by atoms with Crippen LogP contribution in [0.1, 0.15) is 127 Å². The molecule has 0 N–H and O–H groups in total. The van der Waals surface area contributed by atoms with Crippen molar-refractivity contribution in [3.05, 3.63) is 34.9 Å². The summed E-state index contributed by atoms with van der Waals surface area (Å²) in [5.74, 6) is -0.437. The van der Waals surface area contributed by atoms with Gasteiger partial charge in [-0.2, -0.15) is 0 Å². The molecule has 0 amide bonds. The fourth-order valence-electron chi connectivity index (χ4n) is 3.83. The van der Waals surface area contributed by atoms with Crippen LogP contribution in [-0.2, 0) is 14.9 Å². The van der Waals surface area contributed by atoms with Gasteiger partial charge in [0.05, 0.1) is 11.1 Å². The number of rotatable bonds is 12. The summed E-state index contributed by atoms with van der Waals surface area (Å²) >= 11 is 0. The predicted octanol–water partition coefficient (Wildman–Crippen LogP) is 7.73. The topological polar surface area (TPSA) is 52.6 Å². The lowest BCUT2D eigenvalue weighted by Gasteiger charge is -2.27. The van der Waals surface area contributed by atoms with Gasteiger partial charge < -0.3 is 9.47 Å². The highest BCUT2D eigenvalue weighted by molar-refractivity contribution is 6.04. The number of unbranched alkanes of at least 4 members (excludes halogenated alkanes) is 2. The molecule has 4 nitrogen and oxygen atoms in total. The first-order valence-corrected chi connectivity index (χ1v) is 12.5. The van der Waals surface area contributed by atoms with E-state index in [-0.39, 0.29) is 29.5 Å². The van der Waals surface area contributed by atoms with Gasteiger partial charge in [0.1, 0.15) is 12.2 Å². The molecule has 0 aliphatic heterocycles. The third kappa shape index (κ3) is 8.26. The SMILES string of the molecule is CCCCC(OC(=O)c1cccc(C(C)(C)C)c1C(=O)OC(CCCC)C(C)C)C(C)C. The first kappa shape index (κ1) is 28.2. The van der Waals surface area contributed by atoms with Crippen LogP contribution in [0.25, 0.3) is 0 Å². The van der Waals surface area contributed by atoms with Crippen molar-refractivity contribution in [3.63, 3.8) is 0 Å². The Hall–Kier alpha value is -1.84. The van der Waals surface area contributed by atoms with Crippen LogP contribution in [0.4, 0.5) is 0 Å². The highest BCUT2D eigenvalue weighted by Crippen LogP contribution is 2.31. The molecule has 0 aliphatic carbocycles. The largest absolute Gasteiger partial charge is 0.458 e. The molecule has 182 valence electrons. The smallest absolute Gasteiger partial charge is 0.339 e. The van der Waals surface area contributed by atoms with Crippen LogP contribution in [0.5, 0.6) is 0 Å². The Balaban J connectivity index is 3.36. The third-order valence-electron chi connectivity index (χ3n) is 5.98. The van der Waals surface area contributed by atoms with Crippen molar-refractivity contribution in [3.8, 4) is 0 Å². The summed E-state index contributed by atoms with van der Waals surface area (Å²) < 4.78 is 11.9. The second kappa shape index (κ2) is 13.0. The molecule has 2 atom stereocenters. The maximum absolute atomic E-state index is 13.5. The monoisotopic (exact) mass is 446 g/mol. The van der Waals surface area contributed by atoms with Crippen molar-refractivity contribution in [2.45, 2.75) is 118 Å². The zero-order valence-corrected chi connectivity index (χ0v) is 21.9. The second-order valence-corrected chi connectivity index (χ2v) is 10.6. The predicted molar refractivity (Wildman–Crippen MR) is 132 cm³/mol. The third-order valence-corrected chi connectivity index (χ3v) is 5.98.